The molecule has 2 nitrogen and oxygen atoms in total. The predicted octanol–water partition coefficient (Wildman–Crippen LogP) is 4.45. The van der Waals surface area contributed by atoms with Crippen LogP contribution in [0.15, 0.2) is 48.8 Å². The van der Waals surface area contributed by atoms with Crippen molar-refractivity contribution in [3.8, 4) is 0 Å². The molecule has 0 amide bonds. The van der Waals surface area contributed by atoms with Gasteiger partial charge in [0, 0.05) is 25.0 Å². The van der Waals surface area contributed by atoms with Gasteiger partial charge in [-0.15, -0.1) is 0 Å². The molecule has 1 aromatic heterocycles. The highest BCUT2D eigenvalue weighted by Crippen LogP contribution is 2.38. The number of rotatable bonds is 4. The molecule has 1 aliphatic rings. The van der Waals surface area contributed by atoms with E-state index in [2.05, 4.69) is 72.4 Å². The van der Waals surface area contributed by atoms with Crippen molar-refractivity contribution in [2.24, 2.45) is 0 Å². The molecule has 1 fully saturated rings. The molecule has 0 radical (unpaired) electrons. The van der Waals surface area contributed by atoms with Crippen molar-refractivity contribution >= 4 is 0 Å². The van der Waals surface area contributed by atoms with Crippen LogP contribution < -0.4 is 0 Å². The lowest BCUT2D eigenvalue weighted by molar-refractivity contribution is 0.324. The molecule has 0 N–H and O–H groups in total. The van der Waals surface area contributed by atoms with E-state index in [1.165, 1.54) is 36.8 Å². The molecular weight excluding hydrogens is 256 g/mol. The van der Waals surface area contributed by atoms with Crippen molar-refractivity contribution in [1.82, 2.24) is 9.47 Å². The Bertz CT molecular complexity index is 531. The van der Waals surface area contributed by atoms with E-state index in [4.69, 9.17) is 0 Å². The molecule has 2 heteroatoms. The van der Waals surface area contributed by atoms with Crippen molar-refractivity contribution in [3.05, 3.63) is 59.9 Å². The van der Waals surface area contributed by atoms with Gasteiger partial charge in [0.25, 0.3) is 0 Å². The van der Waals surface area contributed by atoms with Crippen molar-refractivity contribution < 1.29 is 0 Å². The summed E-state index contributed by atoms with van der Waals surface area (Å²) in [5.41, 5.74) is 2.94. The molecule has 0 aliphatic heterocycles. The standard InChI is InChI=1S/C19H26N2/c1-20(2)15-16-5-7-17(8-6-16)18-9-11-19(12-10-18)21-13-3-4-14-21/h3-8,13-14,18-19H,9-12,15H2,1-2H3. The fourth-order valence-corrected chi connectivity index (χ4v) is 3.56. The summed E-state index contributed by atoms with van der Waals surface area (Å²) in [6.45, 7) is 1.03. The van der Waals surface area contributed by atoms with Crippen LogP contribution in [-0.4, -0.2) is 23.6 Å². The lowest BCUT2D eigenvalue weighted by Gasteiger charge is -2.30. The number of nitrogens with zero attached hydrogens (tertiary/aromatic N) is 2. The maximum atomic E-state index is 2.39. The summed E-state index contributed by atoms with van der Waals surface area (Å²) in [6, 6.07) is 14.3. The molecule has 3 rings (SSSR count). The minimum atomic E-state index is 0.712. The van der Waals surface area contributed by atoms with Gasteiger partial charge in [0.2, 0.25) is 0 Å². The number of hydrogen-bond donors (Lipinski definition) is 0. The Morgan fingerprint density at radius 2 is 1.57 bits per heavy atom. The first-order chi connectivity index (χ1) is 10.2. The van der Waals surface area contributed by atoms with Gasteiger partial charge in [-0.1, -0.05) is 24.3 Å². The average molecular weight is 282 g/mol. The zero-order valence-corrected chi connectivity index (χ0v) is 13.2. The Labute approximate surface area is 128 Å². The van der Waals surface area contributed by atoms with Crippen LogP contribution in [-0.2, 0) is 6.54 Å². The minimum Gasteiger partial charge on any atom is -0.351 e. The van der Waals surface area contributed by atoms with Gasteiger partial charge in [-0.25, -0.2) is 0 Å². The average Bonchev–Trinajstić information content (AvgIpc) is 3.02. The smallest absolute Gasteiger partial charge is 0.0331 e. The van der Waals surface area contributed by atoms with E-state index in [1.807, 2.05) is 0 Å². The highest BCUT2D eigenvalue weighted by Gasteiger charge is 2.22. The summed E-state index contributed by atoms with van der Waals surface area (Å²) in [5.74, 6) is 0.755. The summed E-state index contributed by atoms with van der Waals surface area (Å²) in [6.07, 6.45) is 9.66. The molecule has 2 aromatic rings. The second-order valence-electron chi connectivity index (χ2n) is 6.62. The Morgan fingerprint density at radius 3 is 2.14 bits per heavy atom. The Balaban J connectivity index is 1.59. The van der Waals surface area contributed by atoms with Gasteiger partial charge >= 0.3 is 0 Å². The molecule has 0 unspecified atom stereocenters. The molecule has 1 aromatic carbocycles. The highest BCUT2D eigenvalue weighted by molar-refractivity contribution is 5.25. The van der Waals surface area contributed by atoms with Crippen LogP contribution in [0.4, 0.5) is 0 Å². The quantitative estimate of drug-likeness (QED) is 0.804. The van der Waals surface area contributed by atoms with E-state index in [-0.39, 0.29) is 0 Å². The molecule has 0 saturated heterocycles. The predicted molar refractivity (Wildman–Crippen MR) is 88.5 cm³/mol. The zero-order valence-electron chi connectivity index (χ0n) is 13.2. The van der Waals surface area contributed by atoms with Gasteiger partial charge in [-0.05, 0) is 69.0 Å². The summed E-state index contributed by atoms with van der Waals surface area (Å²) in [7, 11) is 4.24. The SMILES string of the molecule is CN(C)Cc1ccc(C2CCC(n3cccc3)CC2)cc1. The molecule has 0 spiro atoms. The monoisotopic (exact) mass is 282 g/mol. The van der Waals surface area contributed by atoms with Gasteiger partial charge in [-0.2, -0.15) is 0 Å². The zero-order chi connectivity index (χ0) is 14.7. The molecule has 0 bridgehead atoms. The molecular formula is C19H26N2. The number of benzene rings is 1. The molecule has 1 saturated carbocycles. The first kappa shape index (κ1) is 14.4. The summed E-state index contributed by atoms with van der Waals surface area (Å²) >= 11 is 0. The van der Waals surface area contributed by atoms with Crippen LogP contribution in [0.5, 0.6) is 0 Å². The van der Waals surface area contributed by atoms with E-state index in [0.29, 0.717) is 6.04 Å². The van der Waals surface area contributed by atoms with Crippen molar-refractivity contribution in [1.29, 1.82) is 0 Å². The molecule has 0 atom stereocenters. The van der Waals surface area contributed by atoms with Gasteiger partial charge in [0.1, 0.15) is 0 Å². The molecule has 21 heavy (non-hydrogen) atoms. The first-order valence-corrected chi connectivity index (χ1v) is 8.08. The van der Waals surface area contributed by atoms with Crippen LogP contribution in [0.3, 0.4) is 0 Å². The van der Waals surface area contributed by atoms with E-state index in [9.17, 15) is 0 Å². The normalized spacial score (nSPS) is 22.6. The van der Waals surface area contributed by atoms with Crippen LogP contribution in [0.1, 0.15) is 48.8 Å². The molecule has 112 valence electrons. The Kier molecular flexibility index (Phi) is 4.45. The summed E-state index contributed by atoms with van der Waals surface area (Å²) in [4.78, 5) is 2.22. The van der Waals surface area contributed by atoms with Gasteiger partial charge in [-0.3, -0.25) is 0 Å². The lowest BCUT2D eigenvalue weighted by atomic mass is 9.81. The maximum absolute atomic E-state index is 2.39. The summed E-state index contributed by atoms with van der Waals surface area (Å²) in [5, 5.41) is 0. The third-order valence-corrected chi connectivity index (χ3v) is 4.70. The van der Waals surface area contributed by atoms with E-state index in [0.717, 1.165) is 12.5 Å². The topological polar surface area (TPSA) is 8.17 Å². The van der Waals surface area contributed by atoms with Gasteiger partial charge < -0.3 is 9.47 Å². The van der Waals surface area contributed by atoms with Gasteiger partial charge in [0.05, 0.1) is 0 Å². The highest BCUT2D eigenvalue weighted by atomic mass is 15.0. The molecule has 1 aliphatic carbocycles. The lowest BCUT2D eigenvalue weighted by Crippen LogP contribution is -2.16. The fraction of sp³-hybridized carbons (Fsp3) is 0.474. The Hall–Kier alpha value is -1.54. The molecule has 1 heterocycles. The van der Waals surface area contributed by atoms with Crippen molar-refractivity contribution in [3.63, 3.8) is 0 Å². The Morgan fingerprint density at radius 1 is 0.952 bits per heavy atom. The second-order valence-corrected chi connectivity index (χ2v) is 6.62. The third-order valence-electron chi connectivity index (χ3n) is 4.70. The number of aromatic nitrogens is 1. The van der Waals surface area contributed by atoms with Crippen molar-refractivity contribution in [2.75, 3.05) is 14.1 Å². The largest absolute Gasteiger partial charge is 0.351 e. The van der Waals surface area contributed by atoms with E-state index < -0.39 is 0 Å². The maximum Gasteiger partial charge on any atom is 0.0331 e. The third kappa shape index (κ3) is 3.56. The summed E-state index contributed by atoms with van der Waals surface area (Å²) < 4.78 is 2.39. The van der Waals surface area contributed by atoms with E-state index in [1.54, 1.807) is 0 Å². The van der Waals surface area contributed by atoms with Gasteiger partial charge in [0.15, 0.2) is 0 Å². The van der Waals surface area contributed by atoms with E-state index >= 15 is 0 Å². The van der Waals surface area contributed by atoms with Crippen LogP contribution in [0.2, 0.25) is 0 Å². The van der Waals surface area contributed by atoms with Crippen LogP contribution in [0, 0.1) is 0 Å². The minimum absolute atomic E-state index is 0.712. The second kappa shape index (κ2) is 6.48. The van der Waals surface area contributed by atoms with Crippen LogP contribution in [0.25, 0.3) is 0 Å². The number of hydrogen-bond acceptors (Lipinski definition) is 1. The van der Waals surface area contributed by atoms with Crippen molar-refractivity contribution in [2.45, 2.75) is 44.2 Å². The fourth-order valence-electron chi connectivity index (χ4n) is 3.56. The first-order valence-electron chi connectivity index (χ1n) is 8.08. The van der Waals surface area contributed by atoms with Crippen LogP contribution >= 0.6 is 0 Å².